The number of nitrogens with one attached hydrogen (secondary N) is 3. The Kier molecular flexibility index (Phi) is 1.79. The first-order valence-corrected chi connectivity index (χ1v) is 4.69. The maximum absolute atomic E-state index is 10.9. The molecule has 6 heteroatoms. The van der Waals surface area contributed by atoms with E-state index in [1.165, 1.54) is 6.07 Å². The Balaban J connectivity index is 2.03. The number of anilines is 2. The van der Waals surface area contributed by atoms with Crippen LogP contribution in [0.25, 0.3) is 11.0 Å². The average molecular weight is 216 g/mol. The SMILES string of the molecule is O=c1cc(Nc2coc3cnccc23)[nH][nH]1. The summed E-state index contributed by atoms with van der Waals surface area (Å²) in [6.45, 7) is 0. The smallest absolute Gasteiger partial charge is 0.266 e. The summed E-state index contributed by atoms with van der Waals surface area (Å²) in [5.41, 5.74) is 1.30. The van der Waals surface area contributed by atoms with Gasteiger partial charge in [-0.1, -0.05) is 0 Å². The fraction of sp³-hybridized carbons (Fsp3) is 0. The third-order valence-corrected chi connectivity index (χ3v) is 2.24. The second-order valence-electron chi connectivity index (χ2n) is 3.32. The van der Waals surface area contributed by atoms with Crippen molar-refractivity contribution in [3.05, 3.63) is 41.1 Å². The van der Waals surface area contributed by atoms with Gasteiger partial charge in [-0.25, -0.2) is 0 Å². The topological polar surface area (TPSA) is 86.7 Å². The lowest BCUT2D eigenvalue weighted by Gasteiger charge is -1.98. The Morgan fingerprint density at radius 3 is 3.12 bits per heavy atom. The molecule has 6 nitrogen and oxygen atoms in total. The highest BCUT2D eigenvalue weighted by Gasteiger charge is 2.06. The van der Waals surface area contributed by atoms with Gasteiger partial charge in [-0.05, 0) is 6.07 Å². The van der Waals surface area contributed by atoms with Gasteiger partial charge in [0, 0.05) is 17.6 Å². The van der Waals surface area contributed by atoms with E-state index in [9.17, 15) is 4.79 Å². The molecule has 3 rings (SSSR count). The highest BCUT2D eigenvalue weighted by molar-refractivity contribution is 5.91. The molecule has 0 spiro atoms. The molecule has 3 N–H and O–H groups in total. The number of hydrogen-bond acceptors (Lipinski definition) is 4. The summed E-state index contributed by atoms with van der Waals surface area (Å²) in [5.74, 6) is 0.588. The van der Waals surface area contributed by atoms with E-state index in [0.717, 1.165) is 11.1 Å². The van der Waals surface area contributed by atoms with Gasteiger partial charge in [-0.2, -0.15) is 0 Å². The molecule has 3 aromatic rings. The Hall–Kier alpha value is -2.50. The van der Waals surface area contributed by atoms with Crippen LogP contribution in [0.1, 0.15) is 0 Å². The van der Waals surface area contributed by atoms with Crippen LogP contribution in [0.2, 0.25) is 0 Å². The molecular weight excluding hydrogens is 208 g/mol. The van der Waals surface area contributed by atoms with E-state index >= 15 is 0 Å². The minimum Gasteiger partial charge on any atom is -0.460 e. The van der Waals surface area contributed by atoms with Crippen LogP contribution in [0.4, 0.5) is 11.5 Å². The summed E-state index contributed by atoms with van der Waals surface area (Å²) in [7, 11) is 0. The van der Waals surface area contributed by atoms with Crippen LogP contribution in [-0.2, 0) is 0 Å². The standard InChI is InChI=1S/C10H8N4O2/c15-10-3-9(13-14-10)12-7-5-16-8-4-11-2-1-6(7)8/h1-5H,(H3,12,13,14,15). The fourth-order valence-corrected chi connectivity index (χ4v) is 1.52. The number of fused-ring (bicyclic) bond motifs is 1. The van der Waals surface area contributed by atoms with E-state index in [1.54, 1.807) is 18.7 Å². The summed E-state index contributed by atoms with van der Waals surface area (Å²) in [6, 6.07) is 3.27. The molecule has 0 saturated heterocycles. The fourth-order valence-electron chi connectivity index (χ4n) is 1.52. The highest BCUT2D eigenvalue weighted by Crippen LogP contribution is 2.26. The Labute approximate surface area is 89.3 Å². The van der Waals surface area contributed by atoms with Gasteiger partial charge in [0.25, 0.3) is 5.56 Å². The van der Waals surface area contributed by atoms with Gasteiger partial charge in [-0.3, -0.25) is 20.0 Å². The van der Waals surface area contributed by atoms with E-state index in [4.69, 9.17) is 4.42 Å². The molecule has 3 aromatic heterocycles. The zero-order chi connectivity index (χ0) is 11.0. The van der Waals surface area contributed by atoms with E-state index < -0.39 is 0 Å². The first-order valence-electron chi connectivity index (χ1n) is 4.69. The second-order valence-corrected chi connectivity index (χ2v) is 3.32. The Morgan fingerprint density at radius 2 is 2.31 bits per heavy atom. The number of furan rings is 1. The molecule has 0 aliphatic rings. The predicted octanol–water partition coefficient (Wildman–Crippen LogP) is 1.59. The number of H-pyrrole nitrogens is 2. The molecule has 0 bridgehead atoms. The van der Waals surface area contributed by atoms with Crippen molar-refractivity contribution in [1.82, 2.24) is 15.2 Å². The van der Waals surface area contributed by atoms with Crippen LogP contribution in [-0.4, -0.2) is 15.2 Å². The van der Waals surface area contributed by atoms with E-state index in [-0.39, 0.29) is 5.56 Å². The zero-order valence-corrected chi connectivity index (χ0v) is 8.15. The molecule has 0 aromatic carbocycles. The maximum Gasteiger partial charge on any atom is 0.266 e. The minimum atomic E-state index is -0.183. The van der Waals surface area contributed by atoms with Crippen molar-refractivity contribution < 1.29 is 4.42 Å². The number of aromatic amines is 2. The summed E-state index contributed by atoms with van der Waals surface area (Å²) in [4.78, 5) is 14.9. The van der Waals surface area contributed by atoms with Crippen molar-refractivity contribution >= 4 is 22.5 Å². The van der Waals surface area contributed by atoms with Crippen molar-refractivity contribution in [3.63, 3.8) is 0 Å². The van der Waals surface area contributed by atoms with Gasteiger partial charge >= 0.3 is 0 Å². The summed E-state index contributed by atoms with van der Waals surface area (Å²) in [6.07, 6.45) is 4.90. The zero-order valence-electron chi connectivity index (χ0n) is 8.15. The second kappa shape index (κ2) is 3.27. The third kappa shape index (κ3) is 1.36. The molecule has 0 amide bonds. The molecule has 0 aliphatic heterocycles. The summed E-state index contributed by atoms with van der Waals surface area (Å²) >= 11 is 0. The van der Waals surface area contributed by atoms with Crippen LogP contribution in [0.5, 0.6) is 0 Å². The van der Waals surface area contributed by atoms with Crippen LogP contribution < -0.4 is 10.9 Å². The van der Waals surface area contributed by atoms with Crippen LogP contribution >= 0.6 is 0 Å². The number of hydrogen-bond donors (Lipinski definition) is 3. The maximum atomic E-state index is 10.9. The molecule has 0 unspecified atom stereocenters. The Bertz CT molecular complexity index is 679. The monoisotopic (exact) mass is 216 g/mol. The summed E-state index contributed by atoms with van der Waals surface area (Å²) in [5, 5.41) is 9.10. The molecule has 0 atom stereocenters. The molecule has 80 valence electrons. The van der Waals surface area contributed by atoms with Gasteiger partial charge in [0.2, 0.25) is 0 Å². The van der Waals surface area contributed by atoms with Gasteiger partial charge in [0.1, 0.15) is 12.1 Å². The highest BCUT2D eigenvalue weighted by atomic mass is 16.3. The molecular formula is C10H8N4O2. The normalized spacial score (nSPS) is 10.8. The van der Waals surface area contributed by atoms with Crippen molar-refractivity contribution in [2.24, 2.45) is 0 Å². The first kappa shape index (κ1) is 8.78. The number of aromatic nitrogens is 3. The number of pyridine rings is 1. The molecule has 0 fully saturated rings. The predicted molar refractivity (Wildman–Crippen MR) is 58.7 cm³/mol. The van der Waals surface area contributed by atoms with E-state index in [1.807, 2.05) is 6.07 Å². The van der Waals surface area contributed by atoms with E-state index in [2.05, 4.69) is 20.5 Å². The van der Waals surface area contributed by atoms with Gasteiger partial charge < -0.3 is 9.73 Å². The van der Waals surface area contributed by atoms with Gasteiger partial charge in [0.05, 0.1) is 11.9 Å². The van der Waals surface area contributed by atoms with Crippen molar-refractivity contribution in [3.8, 4) is 0 Å². The molecule has 16 heavy (non-hydrogen) atoms. The average Bonchev–Trinajstić information content (AvgIpc) is 2.87. The van der Waals surface area contributed by atoms with E-state index in [0.29, 0.717) is 11.4 Å². The molecule has 0 radical (unpaired) electrons. The van der Waals surface area contributed by atoms with Crippen LogP contribution in [0.3, 0.4) is 0 Å². The first-order chi connectivity index (χ1) is 7.83. The van der Waals surface area contributed by atoms with Crippen molar-refractivity contribution in [2.75, 3.05) is 5.32 Å². The van der Waals surface area contributed by atoms with Crippen molar-refractivity contribution in [1.29, 1.82) is 0 Å². The van der Waals surface area contributed by atoms with Crippen LogP contribution in [0, 0.1) is 0 Å². The summed E-state index contributed by atoms with van der Waals surface area (Å²) < 4.78 is 5.30. The number of nitrogens with zero attached hydrogens (tertiary/aromatic N) is 1. The number of rotatable bonds is 2. The largest absolute Gasteiger partial charge is 0.460 e. The lowest BCUT2D eigenvalue weighted by atomic mass is 10.3. The minimum absolute atomic E-state index is 0.183. The van der Waals surface area contributed by atoms with Crippen molar-refractivity contribution in [2.45, 2.75) is 0 Å². The van der Waals surface area contributed by atoms with Gasteiger partial charge in [0.15, 0.2) is 5.58 Å². The van der Waals surface area contributed by atoms with Gasteiger partial charge in [-0.15, -0.1) is 0 Å². The molecule has 0 aliphatic carbocycles. The molecule has 3 heterocycles. The third-order valence-electron chi connectivity index (χ3n) is 2.24. The molecule has 0 saturated carbocycles. The Morgan fingerprint density at radius 1 is 1.38 bits per heavy atom. The van der Waals surface area contributed by atoms with Crippen LogP contribution in [0.15, 0.2) is 40.0 Å². The lowest BCUT2D eigenvalue weighted by Crippen LogP contribution is -1.93. The quantitative estimate of drug-likeness (QED) is 0.607. The lowest BCUT2D eigenvalue weighted by molar-refractivity contribution is 0.615.